The number of hydrogen-bond donors (Lipinski definition) is 0. The number of nitrogens with zero attached hydrogens (tertiary/aromatic N) is 2. The monoisotopic (exact) mass is 418 g/mol. The molecule has 0 amide bonds. The Hall–Kier alpha value is -3.30. The Balaban J connectivity index is 1.67. The predicted molar refractivity (Wildman–Crippen MR) is 134 cm³/mol. The van der Waals surface area contributed by atoms with E-state index in [1.54, 1.807) is 17.7 Å². The van der Waals surface area contributed by atoms with Crippen molar-refractivity contribution >= 4 is 53.2 Å². The molecule has 150 valence electrons. The average molecular weight is 419 g/mol. The molecule has 0 aliphatic carbocycles. The maximum absolute atomic E-state index is 4.78. The first-order chi connectivity index (χ1) is 15.2. The van der Waals surface area contributed by atoms with Gasteiger partial charge in [-0.15, -0.1) is 11.3 Å². The zero-order valence-electron chi connectivity index (χ0n) is 17.6. The molecule has 0 fully saturated rings. The third kappa shape index (κ3) is 3.00. The summed E-state index contributed by atoms with van der Waals surface area (Å²) >= 11 is 1.80. The molecule has 3 heteroatoms. The minimum Gasteiger partial charge on any atom is -0.235 e. The van der Waals surface area contributed by atoms with Crippen LogP contribution in [0.15, 0.2) is 79.1 Å². The van der Waals surface area contributed by atoms with Gasteiger partial charge in [-0.2, -0.15) is 0 Å². The first kappa shape index (κ1) is 18.5. The maximum Gasteiger partial charge on any atom is 0.116 e. The average Bonchev–Trinajstić information content (AvgIpc) is 3.18. The van der Waals surface area contributed by atoms with E-state index < -0.39 is 0 Å². The van der Waals surface area contributed by atoms with Gasteiger partial charge in [-0.05, 0) is 57.6 Å². The van der Waals surface area contributed by atoms with Crippen LogP contribution in [0.2, 0.25) is 0 Å². The smallest absolute Gasteiger partial charge is 0.116 e. The molecule has 4 aromatic carbocycles. The molecule has 31 heavy (non-hydrogen) atoms. The van der Waals surface area contributed by atoms with Crippen LogP contribution in [0.3, 0.4) is 0 Å². The van der Waals surface area contributed by atoms with Crippen LogP contribution in [0.4, 0.5) is 0 Å². The minimum absolute atomic E-state index is 0.597. The van der Waals surface area contributed by atoms with Crippen LogP contribution in [0.25, 0.3) is 53.1 Å². The van der Waals surface area contributed by atoms with Crippen molar-refractivity contribution in [3.05, 3.63) is 84.7 Å². The van der Waals surface area contributed by atoms with E-state index >= 15 is 0 Å². The van der Waals surface area contributed by atoms with E-state index in [4.69, 9.17) is 9.97 Å². The van der Waals surface area contributed by atoms with E-state index in [1.807, 2.05) is 0 Å². The molecule has 0 saturated heterocycles. The molecular formula is C28H22N2S. The van der Waals surface area contributed by atoms with Crippen molar-refractivity contribution in [1.29, 1.82) is 0 Å². The standard InChI is InChI=1S/C28H22N2S/c1-17(2)13-20-15-21(14-19-8-4-5-9-22(19)20)26-28-27(30-16-29-26)25-23-10-6-3-7-18(23)11-12-24(25)31-28/h3-12,14-17H,13H2,1-2H3. The molecule has 0 unspecified atom stereocenters. The highest BCUT2D eigenvalue weighted by Crippen LogP contribution is 2.41. The Kier molecular flexibility index (Phi) is 4.25. The lowest BCUT2D eigenvalue weighted by Gasteiger charge is -2.12. The van der Waals surface area contributed by atoms with Gasteiger partial charge in [0, 0.05) is 15.6 Å². The summed E-state index contributed by atoms with van der Waals surface area (Å²) in [6, 6.07) is 26.3. The van der Waals surface area contributed by atoms with Crippen molar-refractivity contribution in [3.8, 4) is 11.3 Å². The highest BCUT2D eigenvalue weighted by Gasteiger charge is 2.16. The number of rotatable bonds is 3. The molecule has 0 saturated carbocycles. The molecule has 0 radical (unpaired) electrons. The second-order valence-electron chi connectivity index (χ2n) is 8.62. The van der Waals surface area contributed by atoms with Gasteiger partial charge in [0.25, 0.3) is 0 Å². The van der Waals surface area contributed by atoms with Gasteiger partial charge in [-0.25, -0.2) is 9.97 Å². The van der Waals surface area contributed by atoms with E-state index in [2.05, 4.69) is 86.6 Å². The Labute approximate surface area is 185 Å². The van der Waals surface area contributed by atoms with Gasteiger partial charge in [-0.3, -0.25) is 0 Å². The van der Waals surface area contributed by atoms with Crippen molar-refractivity contribution in [1.82, 2.24) is 9.97 Å². The van der Waals surface area contributed by atoms with E-state index in [0.29, 0.717) is 5.92 Å². The fourth-order valence-corrected chi connectivity index (χ4v) is 5.86. The molecule has 2 aromatic heterocycles. The lowest BCUT2D eigenvalue weighted by atomic mass is 9.93. The second-order valence-corrected chi connectivity index (χ2v) is 9.67. The normalized spacial score (nSPS) is 12.0. The van der Waals surface area contributed by atoms with Crippen molar-refractivity contribution < 1.29 is 0 Å². The molecule has 0 N–H and O–H groups in total. The molecule has 2 nitrogen and oxygen atoms in total. The lowest BCUT2D eigenvalue weighted by Crippen LogP contribution is -1.97. The summed E-state index contributed by atoms with van der Waals surface area (Å²) < 4.78 is 2.43. The van der Waals surface area contributed by atoms with Crippen LogP contribution >= 0.6 is 11.3 Å². The quantitative estimate of drug-likeness (QED) is 0.291. The van der Waals surface area contributed by atoms with E-state index in [-0.39, 0.29) is 0 Å². The molecule has 2 heterocycles. The SMILES string of the molecule is CC(C)Cc1cc(-c2ncnc3c2sc2ccc4ccccc4c23)cc2ccccc12. The highest BCUT2D eigenvalue weighted by atomic mass is 32.1. The second kappa shape index (κ2) is 7.14. The number of benzene rings is 4. The zero-order valence-corrected chi connectivity index (χ0v) is 18.4. The summed E-state index contributed by atoms with van der Waals surface area (Å²) in [7, 11) is 0. The molecule has 0 spiro atoms. The Morgan fingerprint density at radius 2 is 1.58 bits per heavy atom. The van der Waals surface area contributed by atoms with Crippen molar-refractivity contribution in [3.63, 3.8) is 0 Å². The number of hydrogen-bond acceptors (Lipinski definition) is 3. The Morgan fingerprint density at radius 3 is 2.42 bits per heavy atom. The van der Waals surface area contributed by atoms with Gasteiger partial charge in [0.1, 0.15) is 6.33 Å². The molecule has 0 atom stereocenters. The van der Waals surface area contributed by atoms with Gasteiger partial charge in [0.15, 0.2) is 0 Å². The Morgan fingerprint density at radius 1 is 0.806 bits per heavy atom. The molecule has 0 aliphatic rings. The van der Waals surface area contributed by atoms with Gasteiger partial charge in [0.2, 0.25) is 0 Å². The summed E-state index contributed by atoms with van der Waals surface area (Å²) in [4.78, 5) is 9.52. The van der Waals surface area contributed by atoms with Crippen LogP contribution in [0.1, 0.15) is 19.4 Å². The number of thiophene rings is 1. The van der Waals surface area contributed by atoms with Crippen molar-refractivity contribution in [2.75, 3.05) is 0 Å². The fraction of sp³-hybridized carbons (Fsp3) is 0.143. The molecule has 0 bridgehead atoms. The third-order valence-electron chi connectivity index (χ3n) is 5.99. The highest BCUT2D eigenvalue weighted by molar-refractivity contribution is 7.26. The molecular weight excluding hydrogens is 396 g/mol. The first-order valence-corrected chi connectivity index (χ1v) is 11.6. The zero-order chi connectivity index (χ0) is 20.9. The summed E-state index contributed by atoms with van der Waals surface area (Å²) in [5, 5.41) is 6.36. The van der Waals surface area contributed by atoms with Crippen LogP contribution < -0.4 is 0 Å². The van der Waals surface area contributed by atoms with Crippen LogP contribution in [0.5, 0.6) is 0 Å². The first-order valence-electron chi connectivity index (χ1n) is 10.8. The van der Waals surface area contributed by atoms with Gasteiger partial charge >= 0.3 is 0 Å². The third-order valence-corrected chi connectivity index (χ3v) is 7.14. The Bertz CT molecular complexity index is 1590. The summed E-state index contributed by atoms with van der Waals surface area (Å²) in [6.45, 7) is 4.56. The summed E-state index contributed by atoms with van der Waals surface area (Å²) in [5.74, 6) is 0.597. The number of aromatic nitrogens is 2. The summed E-state index contributed by atoms with van der Waals surface area (Å²) in [6.07, 6.45) is 2.78. The van der Waals surface area contributed by atoms with E-state index in [9.17, 15) is 0 Å². The lowest BCUT2D eigenvalue weighted by molar-refractivity contribution is 0.650. The van der Waals surface area contributed by atoms with Gasteiger partial charge < -0.3 is 0 Å². The van der Waals surface area contributed by atoms with Crippen LogP contribution in [-0.2, 0) is 6.42 Å². The predicted octanol–water partition coefficient (Wildman–Crippen LogP) is 8.02. The topological polar surface area (TPSA) is 25.8 Å². The van der Waals surface area contributed by atoms with E-state index in [0.717, 1.165) is 17.6 Å². The maximum atomic E-state index is 4.78. The summed E-state index contributed by atoms with van der Waals surface area (Å²) in [5.41, 5.74) is 4.66. The molecule has 6 rings (SSSR count). The largest absolute Gasteiger partial charge is 0.235 e. The van der Waals surface area contributed by atoms with E-state index in [1.165, 1.54) is 47.5 Å². The number of fused-ring (bicyclic) bond motifs is 6. The van der Waals surface area contributed by atoms with Crippen molar-refractivity contribution in [2.45, 2.75) is 20.3 Å². The van der Waals surface area contributed by atoms with Crippen molar-refractivity contribution in [2.24, 2.45) is 5.92 Å². The minimum atomic E-state index is 0.597. The molecule has 0 aliphatic heterocycles. The van der Waals surface area contributed by atoms with Gasteiger partial charge in [-0.1, -0.05) is 68.4 Å². The van der Waals surface area contributed by atoms with Gasteiger partial charge in [0.05, 0.1) is 15.9 Å². The van der Waals surface area contributed by atoms with Crippen LogP contribution in [-0.4, -0.2) is 9.97 Å². The fourth-order valence-electron chi connectivity index (χ4n) is 4.68. The van der Waals surface area contributed by atoms with Crippen LogP contribution in [0, 0.1) is 5.92 Å². The molecule has 6 aromatic rings.